The second-order valence-corrected chi connectivity index (χ2v) is 5.25. The van der Waals surface area contributed by atoms with Gasteiger partial charge in [-0.3, -0.25) is 4.79 Å². The van der Waals surface area contributed by atoms with Gasteiger partial charge in [-0.15, -0.1) is 12.4 Å². The molecule has 0 saturated carbocycles. The van der Waals surface area contributed by atoms with Crippen LogP contribution in [0.1, 0.15) is 12.8 Å². The number of anilines is 1. The van der Waals surface area contributed by atoms with E-state index in [1.807, 2.05) is 0 Å². The van der Waals surface area contributed by atoms with Gasteiger partial charge in [0.15, 0.2) is 0 Å². The Balaban J connectivity index is 0.00000200. The molecule has 3 N–H and O–H groups in total. The van der Waals surface area contributed by atoms with Crippen molar-refractivity contribution >= 4 is 39.9 Å². The molecular formula is C13H18BrClN2O3. The lowest BCUT2D eigenvalue weighted by atomic mass is 10.2. The van der Waals surface area contributed by atoms with Crippen molar-refractivity contribution in [2.45, 2.75) is 25.0 Å². The Morgan fingerprint density at radius 3 is 2.85 bits per heavy atom. The molecule has 1 aromatic carbocycles. The van der Waals surface area contributed by atoms with Gasteiger partial charge in [0.1, 0.15) is 11.9 Å². The van der Waals surface area contributed by atoms with Crippen molar-refractivity contribution in [3.63, 3.8) is 0 Å². The molecule has 1 heterocycles. The largest absolute Gasteiger partial charge is 0.496 e. The van der Waals surface area contributed by atoms with Crippen LogP contribution in [-0.2, 0) is 9.53 Å². The number of hydrogen-bond donors (Lipinski definition) is 2. The Bertz CT molecular complexity index is 473. The smallest absolute Gasteiger partial charge is 0.253 e. The van der Waals surface area contributed by atoms with E-state index in [-0.39, 0.29) is 24.4 Å². The second kappa shape index (κ2) is 7.83. The van der Waals surface area contributed by atoms with Crippen molar-refractivity contribution in [2.75, 3.05) is 19.0 Å². The molecule has 0 radical (unpaired) electrons. The van der Waals surface area contributed by atoms with E-state index in [1.54, 1.807) is 25.3 Å². The number of nitrogens with two attached hydrogens (primary N) is 1. The van der Waals surface area contributed by atoms with Gasteiger partial charge in [0.2, 0.25) is 0 Å². The summed E-state index contributed by atoms with van der Waals surface area (Å²) in [4.78, 5) is 12.0. The average molecular weight is 366 g/mol. The third-order valence-corrected chi connectivity index (χ3v) is 3.70. The second-order valence-electron chi connectivity index (χ2n) is 4.40. The molecule has 0 unspecified atom stereocenters. The van der Waals surface area contributed by atoms with Gasteiger partial charge in [0.05, 0.1) is 17.7 Å². The molecule has 1 aliphatic heterocycles. The predicted octanol–water partition coefficient (Wildman–Crippen LogP) is 2.32. The van der Waals surface area contributed by atoms with Gasteiger partial charge in [0, 0.05) is 12.2 Å². The minimum absolute atomic E-state index is 0. The Hall–Kier alpha value is -0.820. The Kier molecular flexibility index (Phi) is 6.75. The van der Waals surface area contributed by atoms with Crippen LogP contribution in [0.5, 0.6) is 5.75 Å². The van der Waals surface area contributed by atoms with E-state index < -0.39 is 6.10 Å². The van der Waals surface area contributed by atoms with Crippen LogP contribution in [0.2, 0.25) is 0 Å². The zero-order chi connectivity index (χ0) is 13.8. The van der Waals surface area contributed by atoms with Gasteiger partial charge in [-0.25, -0.2) is 0 Å². The number of ether oxygens (including phenoxy) is 2. The summed E-state index contributed by atoms with van der Waals surface area (Å²) in [5.41, 5.74) is 6.23. The fourth-order valence-corrected chi connectivity index (χ4v) is 2.58. The van der Waals surface area contributed by atoms with E-state index in [1.165, 1.54) is 0 Å². The summed E-state index contributed by atoms with van der Waals surface area (Å²) in [6.07, 6.45) is 1.14. The molecule has 112 valence electrons. The number of hydrogen-bond acceptors (Lipinski definition) is 4. The first-order chi connectivity index (χ1) is 9.13. The normalized spacial score (nSPS) is 21.1. The van der Waals surface area contributed by atoms with E-state index in [4.69, 9.17) is 15.2 Å². The quantitative estimate of drug-likeness (QED) is 0.859. The maximum absolute atomic E-state index is 12.0. The predicted molar refractivity (Wildman–Crippen MR) is 83.5 cm³/mol. The van der Waals surface area contributed by atoms with Crippen molar-refractivity contribution in [1.82, 2.24) is 0 Å². The first-order valence-corrected chi connectivity index (χ1v) is 6.93. The summed E-state index contributed by atoms with van der Waals surface area (Å²) in [5, 5.41) is 2.83. The number of nitrogens with one attached hydrogen (secondary N) is 1. The summed E-state index contributed by atoms with van der Waals surface area (Å²) < 4.78 is 11.5. The molecular weight excluding hydrogens is 348 g/mol. The fourth-order valence-electron chi connectivity index (χ4n) is 2.04. The molecule has 1 fully saturated rings. The monoisotopic (exact) mass is 364 g/mol. The van der Waals surface area contributed by atoms with Gasteiger partial charge < -0.3 is 20.5 Å². The highest BCUT2D eigenvalue weighted by Gasteiger charge is 2.29. The minimum atomic E-state index is -0.408. The first kappa shape index (κ1) is 17.2. The van der Waals surface area contributed by atoms with E-state index >= 15 is 0 Å². The molecule has 0 bridgehead atoms. The minimum Gasteiger partial charge on any atom is -0.496 e. The zero-order valence-corrected chi connectivity index (χ0v) is 13.5. The van der Waals surface area contributed by atoms with Crippen LogP contribution in [0.4, 0.5) is 5.69 Å². The number of carbonyl (C=O) groups excluding carboxylic acids is 1. The number of carbonyl (C=O) groups is 1. The van der Waals surface area contributed by atoms with Crippen LogP contribution in [-0.4, -0.2) is 31.8 Å². The summed E-state index contributed by atoms with van der Waals surface area (Å²) in [6.45, 7) is 0.456. The topological polar surface area (TPSA) is 73.6 Å². The average Bonchev–Trinajstić information content (AvgIpc) is 2.88. The van der Waals surface area contributed by atoms with E-state index in [2.05, 4.69) is 21.2 Å². The highest BCUT2D eigenvalue weighted by Crippen LogP contribution is 2.28. The van der Waals surface area contributed by atoms with E-state index in [0.717, 1.165) is 16.6 Å². The lowest BCUT2D eigenvalue weighted by Gasteiger charge is -2.13. The van der Waals surface area contributed by atoms with Crippen LogP contribution >= 0.6 is 28.3 Å². The SMILES string of the molecule is COc1ccc(NC(=O)[C@@H]2CC[C@H](CN)O2)cc1Br.Cl. The third-order valence-electron chi connectivity index (χ3n) is 3.08. The molecule has 5 nitrogen and oxygen atoms in total. The number of amides is 1. The van der Waals surface area contributed by atoms with Crippen molar-refractivity contribution in [2.24, 2.45) is 5.73 Å². The standard InChI is InChI=1S/C13H17BrN2O3.ClH/c1-18-11-4-2-8(6-10(11)14)16-13(17)12-5-3-9(7-15)19-12;/h2,4,6,9,12H,3,5,7,15H2,1H3,(H,16,17);1H/t9-,12+;/m1./s1. The Labute approximate surface area is 132 Å². The van der Waals surface area contributed by atoms with E-state index in [0.29, 0.717) is 18.7 Å². The van der Waals surface area contributed by atoms with Gasteiger partial charge >= 0.3 is 0 Å². The van der Waals surface area contributed by atoms with Gasteiger partial charge in [0.25, 0.3) is 5.91 Å². The molecule has 1 saturated heterocycles. The van der Waals surface area contributed by atoms with Crippen LogP contribution < -0.4 is 15.8 Å². The zero-order valence-electron chi connectivity index (χ0n) is 11.1. The van der Waals surface area contributed by atoms with Crippen LogP contribution in [0, 0.1) is 0 Å². The van der Waals surface area contributed by atoms with Crippen molar-refractivity contribution < 1.29 is 14.3 Å². The first-order valence-electron chi connectivity index (χ1n) is 6.14. The van der Waals surface area contributed by atoms with E-state index in [9.17, 15) is 4.79 Å². The van der Waals surface area contributed by atoms with Gasteiger partial charge in [-0.1, -0.05) is 0 Å². The van der Waals surface area contributed by atoms with Crippen molar-refractivity contribution in [3.8, 4) is 5.75 Å². The van der Waals surface area contributed by atoms with Gasteiger partial charge in [-0.05, 0) is 47.0 Å². The molecule has 2 atom stereocenters. The highest BCUT2D eigenvalue weighted by atomic mass is 79.9. The molecule has 7 heteroatoms. The number of benzene rings is 1. The molecule has 1 amide bonds. The highest BCUT2D eigenvalue weighted by molar-refractivity contribution is 9.10. The molecule has 1 aromatic rings. The molecule has 0 spiro atoms. The summed E-state index contributed by atoms with van der Waals surface area (Å²) in [5.74, 6) is 0.589. The number of halogens is 2. The molecule has 2 rings (SSSR count). The summed E-state index contributed by atoms with van der Waals surface area (Å²) >= 11 is 3.38. The van der Waals surface area contributed by atoms with Gasteiger partial charge in [-0.2, -0.15) is 0 Å². The number of rotatable bonds is 4. The molecule has 1 aliphatic rings. The lowest BCUT2D eigenvalue weighted by Crippen LogP contribution is -2.29. The van der Waals surface area contributed by atoms with Crippen LogP contribution in [0.15, 0.2) is 22.7 Å². The fraction of sp³-hybridized carbons (Fsp3) is 0.462. The molecule has 0 aliphatic carbocycles. The lowest BCUT2D eigenvalue weighted by molar-refractivity contribution is -0.126. The summed E-state index contributed by atoms with van der Waals surface area (Å²) in [6, 6.07) is 5.38. The molecule has 20 heavy (non-hydrogen) atoms. The molecule has 0 aromatic heterocycles. The van der Waals surface area contributed by atoms with Crippen LogP contribution in [0.3, 0.4) is 0 Å². The Morgan fingerprint density at radius 2 is 2.30 bits per heavy atom. The maximum atomic E-state index is 12.0. The van der Waals surface area contributed by atoms with Crippen molar-refractivity contribution in [1.29, 1.82) is 0 Å². The van der Waals surface area contributed by atoms with Crippen molar-refractivity contribution in [3.05, 3.63) is 22.7 Å². The summed E-state index contributed by atoms with van der Waals surface area (Å²) in [7, 11) is 1.59. The number of methoxy groups -OCH3 is 1. The third kappa shape index (κ3) is 4.09. The van der Waals surface area contributed by atoms with Crippen LogP contribution in [0.25, 0.3) is 0 Å². The maximum Gasteiger partial charge on any atom is 0.253 e. The Morgan fingerprint density at radius 1 is 1.55 bits per heavy atom.